The molecule has 0 amide bonds. The number of esters is 1. The molecule has 1 atom stereocenters. The number of halogens is 3. The largest absolute Gasteiger partial charge is 0.484 e. The van der Waals surface area contributed by atoms with E-state index in [2.05, 4.69) is 6.92 Å². The molecular weight excluding hydrogens is 509 g/mol. The number of fused-ring (bicyclic) bond motifs is 1. The van der Waals surface area contributed by atoms with Crippen molar-refractivity contribution < 1.29 is 31.9 Å². The zero-order valence-corrected chi connectivity index (χ0v) is 23.3. The zero-order chi connectivity index (χ0) is 29.0. The third-order valence-corrected chi connectivity index (χ3v) is 6.59. The average molecular weight is 549 g/mol. The first kappa shape index (κ1) is 30.5. The molecule has 0 radical (unpaired) electrons. The highest BCUT2D eigenvalue weighted by Gasteiger charge is 2.35. The molecule has 1 aromatic heterocycles. The van der Waals surface area contributed by atoms with Gasteiger partial charge in [0.05, 0.1) is 11.5 Å². The molecule has 2 aromatic carbocycles. The lowest BCUT2D eigenvalue weighted by Crippen LogP contribution is -2.50. The summed E-state index contributed by atoms with van der Waals surface area (Å²) < 4.78 is 59.2. The van der Waals surface area contributed by atoms with Crippen LogP contribution >= 0.6 is 0 Å². The lowest BCUT2D eigenvalue weighted by atomic mass is 9.88. The Labute approximate surface area is 227 Å². The van der Waals surface area contributed by atoms with Gasteiger partial charge in [0, 0.05) is 29.1 Å². The molecule has 0 fully saturated rings. The predicted molar refractivity (Wildman–Crippen MR) is 146 cm³/mol. The van der Waals surface area contributed by atoms with E-state index in [9.17, 15) is 18.0 Å². The highest BCUT2D eigenvalue weighted by atomic mass is 19.4. The van der Waals surface area contributed by atoms with Gasteiger partial charge in [-0.25, -0.2) is 0 Å². The molecule has 0 aliphatic carbocycles. The zero-order valence-electron chi connectivity index (χ0n) is 23.3. The number of hydrogen-bond donors (Lipinski definition) is 2. The number of aryl methyl sites for hydroxylation is 1. The predicted octanol–water partition coefficient (Wildman–Crippen LogP) is 6.86. The molecule has 39 heavy (non-hydrogen) atoms. The van der Waals surface area contributed by atoms with Gasteiger partial charge in [0.15, 0.2) is 0 Å². The summed E-state index contributed by atoms with van der Waals surface area (Å²) in [6.45, 7) is 8.97. The SMILES string of the molecule is CCCCCc1ccc(-c2cc3ccc(OC(C)(C)COC(=O)C(CN)C(C)(C)N)cc3o2)c(C(F)(F)F)c1. The maximum absolute atomic E-state index is 14.0. The van der Waals surface area contributed by atoms with Gasteiger partial charge in [-0.05, 0) is 70.4 Å². The molecule has 6 nitrogen and oxygen atoms in total. The first-order chi connectivity index (χ1) is 18.1. The highest BCUT2D eigenvalue weighted by Crippen LogP contribution is 2.40. The second-order valence-electron chi connectivity index (χ2n) is 11.2. The molecule has 9 heteroatoms. The number of unbranched alkanes of at least 4 members (excludes halogenated alkanes) is 2. The molecule has 3 rings (SSSR count). The van der Waals surface area contributed by atoms with Crippen molar-refractivity contribution >= 4 is 16.9 Å². The number of hydrogen-bond acceptors (Lipinski definition) is 6. The van der Waals surface area contributed by atoms with Crippen LogP contribution in [0.25, 0.3) is 22.3 Å². The molecule has 0 aliphatic heterocycles. The number of furan rings is 1. The van der Waals surface area contributed by atoms with Crippen LogP contribution in [0, 0.1) is 5.92 Å². The second kappa shape index (κ2) is 12.0. The number of carbonyl (C=O) groups is 1. The molecule has 3 aromatic rings. The third-order valence-electron chi connectivity index (χ3n) is 6.59. The van der Waals surface area contributed by atoms with Crippen LogP contribution in [-0.2, 0) is 22.1 Å². The van der Waals surface area contributed by atoms with Gasteiger partial charge in [0.25, 0.3) is 0 Å². The Morgan fingerprint density at radius 1 is 1.03 bits per heavy atom. The number of ether oxygens (including phenoxy) is 2. The van der Waals surface area contributed by atoms with Crippen molar-refractivity contribution in [3.8, 4) is 17.1 Å². The van der Waals surface area contributed by atoms with E-state index in [0.717, 1.165) is 19.3 Å². The minimum atomic E-state index is -4.52. The first-order valence-electron chi connectivity index (χ1n) is 13.2. The third kappa shape index (κ3) is 7.99. The van der Waals surface area contributed by atoms with E-state index in [1.54, 1.807) is 58.0 Å². The monoisotopic (exact) mass is 548 g/mol. The molecular formula is C30H39F3N2O4. The Bertz CT molecular complexity index is 1280. The second-order valence-corrected chi connectivity index (χ2v) is 11.2. The van der Waals surface area contributed by atoms with Crippen LogP contribution in [-0.4, -0.2) is 30.3 Å². The van der Waals surface area contributed by atoms with Crippen molar-refractivity contribution in [1.29, 1.82) is 0 Å². The maximum atomic E-state index is 14.0. The summed E-state index contributed by atoms with van der Waals surface area (Å²) in [6, 6.07) is 11.0. The van der Waals surface area contributed by atoms with Gasteiger partial charge in [-0.15, -0.1) is 0 Å². The fourth-order valence-corrected chi connectivity index (χ4v) is 4.38. The number of benzene rings is 2. The standard InChI is InChI=1S/C30H39F3N2O4/c1-6-7-8-9-19-10-13-22(23(14-19)30(31,32)33)26-15-20-11-12-21(16-25(20)38-26)39-28(2,3)18-37-27(36)24(17-34)29(4,5)35/h10-16,24H,6-9,17-18,34-35H2,1-5H3. The summed E-state index contributed by atoms with van der Waals surface area (Å²) in [7, 11) is 0. The van der Waals surface area contributed by atoms with Gasteiger partial charge in [-0.1, -0.05) is 31.9 Å². The van der Waals surface area contributed by atoms with Crippen LogP contribution in [0.3, 0.4) is 0 Å². The van der Waals surface area contributed by atoms with Crippen LogP contribution in [0.15, 0.2) is 46.9 Å². The first-order valence-corrected chi connectivity index (χ1v) is 13.2. The van der Waals surface area contributed by atoms with Crippen LogP contribution in [0.1, 0.15) is 65.0 Å². The van der Waals surface area contributed by atoms with Crippen molar-refractivity contribution in [3.63, 3.8) is 0 Å². The van der Waals surface area contributed by atoms with Gasteiger partial charge in [-0.2, -0.15) is 13.2 Å². The van der Waals surface area contributed by atoms with Crippen molar-refractivity contribution in [2.45, 2.75) is 77.6 Å². The van der Waals surface area contributed by atoms with Crippen LogP contribution < -0.4 is 16.2 Å². The lowest BCUT2D eigenvalue weighted by Gasteiger charge is -2.30. The van der Waals surface area contributed by atoms with E-state index in [-0.39, 0.29) is 24.5 Å². The Morgan fingerprint density at radius 2 is 1.74 bits per heavy atom. The van der Waals surface area contributed by atoms with Gasteiger partial charge >= 0.3 is 12.1 Å². The van der Waals surface area contributed by atoms with E-state index >= 15 is 0 Å². The Kier molecular flexibility index (Phi) is 9.39. The smallest absolute Gasteiger partial charge is 0.417 e. The fourth-order valence-electron chi connectivity index (χ4n) is 4.38. The number of nitrogens with two attached hydrogens (primary N) is 2. The Morgan fingerprint density at radius 3 is 2.36 bits per heavy atom. The number of rotatable bonds is 12. The van der Waals surface area contributed by atoms with Gasteiger partial charge in [0.1, 0.15) is 29.3 Å². The number of carbonyl (C=O) groups excluding carboxylic acids is 1. The quantitative estimate of drug-likeness (QED) is 0.189. The lowest BCUT2D eigenvalue weighted by molar-refractivity contribution is -0.155. The Hall–Kier alpha value is -3.04. The van der Waals surface area contributed by atoms with E-state index in [4.69, 9.17) is 25.4 Å². The topological polar surface area (TPSA) is 101 Å². The minimum absolute atomic E-state index is 0.00932. The minimum Gasteiger partial charge on any atom is -0.484 e. The van der Waals surface area contributed by atoms with E-state index in [1.807, 2.05) is 0 Å². The average Bonchev–Trinajstić information content (AvgIpc) is 3.25. The molecule has 1 unspecified atom stereocenters. The molecule has 0 saturated heterocycles. The van der Waals surface area contributed by atoms with Crippen LogP contribution in [0.4, 0.5) is 13.2 Å². The summed E-state index contributed by atoms with van der Waals surface area (Å²) in [5.41, 5.74) is 10.3. The van der Waals surface area contributed by atoms with Gasteiger partial charge in [0.2, 0.25) is 0 Å². The van der Waals surface area contributed by atoms with Crippen molar-refractivity contribution in [2.75, 3.05) is 13.2 Å². The summed E-state index contributed by atoms with van der Waals surface area (Å²) in [6.07, 6.45) is -1.11. The van der Waals surface area contributed by atoms with Crippen molar-refractivity contribution in [1.82, 2.24) is 0 Å². The van der Waals surface area contributed by atoms with E-state index < -0.39 is 34.8 Å². The summed E-state index contributed by atoms with van der Waals surface area (Å²) in [5.74, 6) is -0.635. The van der Waals surface area contributed by atoms with Crippen LogP contribution in [0.2, 0.25) is 0 Å². The van der Waals surface area contributed by atoms with Gasteiger partial charge in [-0.3, -0.25) is 4.79 Å². The summed E-state index contributed by atoms with van der Waals surface area (Å²) in [4.78, 5) is 12.5. The molecule has 0 aliphatic rings. The molecule has 4 N–H and O–H groups in total. The normalized spacial score (nSPS) is 13.5. The van der Waals surface area contributed by atoms with Crippen molar-refractivity contribution in [3.05, 3.63) is 53.6 Å². The fraction of sp³-hybridized carbons (Fsp3) is 0.500. The van der Waals surface area contributed by atoms with Crippen LogP contribution in [0.5, 0.6) is 5.75 Å². The molecule has 0 saturated carbocycles. The molecule has 1 heterocycles. The number of alkyl halides is 3. The molecule has 0 spiro atoms. The summed E-state index contributed by atoms with van der Waals surface area (Å²) >= 11 is 0. The maximum Gasteiger partial charge on any atom is 0.417 e. The molecule has 214 valence electrons. The molecule has 0 bridgehead atoms. The van der Waals surface area contributed by atoms with E-state index in [0.29, 0.717) is 28.7 Å². The highest BCUT2D eigenvalue weighted by molar-refractivity contribution is 5.84. The summed E-state index contributed by atoms with van der Waals surface area (Å²) in [5, 5.41) is 0.637. The Balaban J connectivity index is 1.80. The van der Waals surface area contributed by atoms with Crippen molar-refractivity contribution in [2.24, 2.45) is 17.4 Å². The van der Waals surface area contributed by atoms with E-state index in [1.165, 1.54) is 12.1 Å². The van der Waals surface area contributed by atoms with Gasteiger partial charge < -0.3 is 25.4 Å².